The van der Waals surface area contributed by atoms with E-state index in [0.717, 1.165) is 0 Å². The van der Waals surface area contributed by atoms with E-state index in [1.54, 1.807) is 36.4 Å². The summed E-state index contributed by atoms with van der Waals surface area (Å²) in [6, 6.07) is 15.2. The van der Waals surface area contributed by atoms with Gasteiger partial charge in [-0.2, -0.15) is 0 Å². The van der Waals surface area contributed by atoms with E-state index in [2.05, 4.69) is 13.2 Å². The SMILES string of the molecule is C=C1C(=O)C(=C)C2CC(S(=O)(=O)c3ccccc3)(S(=O)(=O)c3ccccc3)CC12. The number of carbonyl (C=O) groups is 1. The van der Waals surface area contributed by atoms with Crippen molar-refractivity contribution >= 4 is 25.5 Å². The zero-order valence-electron chi connectivity index (χ0n) is 15.6. The summed E-state index contributed by atoms with van der Waals surface area (Å²) in [5, 5.41) is 0. The molecular weight excluding hydrogens is 408 g/mol. The first-order valence-corrected chi connectivity index (χ1v) is 12.1. The average molecular weight is 429 g/mol. The van der Waals surface area contributed by atoms with Gasteiger partial charge in [-0.15, -0.1) is 0 Å². The molecule has 2 aromatic rings. The van der Waals surface area contributed by atoms with Crippen LogP contribution in [0.3, 0.4) is 0 Å². The molecule has 0 heterocycles. The second-order valence-corrected chi connectivity index (χ2v) is 12.3. The van der Waals surface area contributed by atoms with Gasteiger partial charge in [0.15, 0.2) is 29.5 Å². The number of benzene rings is 2. The molecule has 0 saturated heterocycles. The summed E-state index contributed by atoms with van der Waals surface area (Å²) < 4.78 is 53.0. The molecule has 2 atom stereocenters. The van der Waals surface area contributed by atoms with Crippen LogP contribution in [0.4, 0.5) is 0 Å². The molecule has 0 aliphatic heterocycles. The fourth-order valence-corrected chi connectivity index (χ4v) is 9.74. The van der Waals surface area contributed by atoms with Gasteiger partial charge in [0.2, 0.25) is 0 Å². The number of sulfone groups is 2. The Balaban J connectivity index is 1.97. The fraction of sp³-hybridized carbons (Fsp3) is 0.227. The van der Waals surface area contributed by atoms with Gasteiger partial charge >= 0.3 is 0 Å². The van der Waals surface area contributed by atoms with Crippen LogP contribution in [0.2, 0.25) is 0 Å². The van der Waals surface area contributed by atoms with E-state index in [9.17, 15) is 21.6 Å². The van der Waals surface area contributed by atoms with E-state index < -0.39 is 35.6 Å². The van der Waals surface area contributed by atoms with Crippen molar-refractivity contribution in [3.63, 3.8) is 0 Å². The van der Waals surface area contributed by atoms with Crippen LogP contribution in [0.5, 0.6) is 0 Å². The second-order valence-electron chi connectivity index (χ2n) is 7.54. The lowest BCUT2D eigenvalue weighted by Crippen LogP contribution is -2.45. The summed E-state index contributed by atoms with van der Waals surface area (Å²) in [6.45, 7) is 7.61. The van der Waals surface area contributed by atoms with Gasteiger partial charge in [-0.3, -0.25) is 4.79 Å². The van der Waals surface area contributed by atoms with Crippen molar-refractivity contribution in [1.82, 2.24) is 0 Å². The molecule has 0 spiro atoms. The van der Waals surface area contributed by atoms with Crippen LogP contribution in [-0.2, 0) is 24.5 Å². The summed E-state index contributed by atoms with van der Waals surface area (Å²) in [6.07, 6.45) is -0.425. The molecule has 0 bridgehead atoms. The minimum atomic E-state index is -4.29. The van der Waals surface area contributed by atoms with Gasteiger partial charge in [0.1, 0.15) is 0 Å². The molecule has 0 aromatic heterocycles. The lowest BCUT2D eigenvalue weighted by molar-refractivity contribution is -0.111. The fourth-order valence-electron chi connectivity index (χ4n) is 4.53. The summed E-state index contributed by atoms with van der Waals surface area (Å²) in [7, 11) is -8.59. The lowest BCUT2D eigenvalue weighted by Gasteiger charge is -2.30. The molecule has 2 unspecified atom stereocenters. The lowest BCUT2D eigenvalue weighted by atomic mass is 9.97. The van der Waals surface area contributed by atoms with Gasteiger partial charge in [0, 0.05) is 0 Å². The molecular formula is C22H20O5S2. The largest absolute Gasteiger partial charge is 0.289 e. The number of fused-ring (bicyclic) bond motifs is 1. The Hall–Kier alpha value is -2.51. The van der Waals surface area contributed by atoms with Crippen LogP contribution in [0.15, 0.2) is 94.8 Å². The van der Waals surface area contributed by atoms with Gasteiger partial charge in [0.25, 0.3) is 0 Å². The number of Topliss-reactive ketones (excluding diaryl/α,β-unsaturated/α-hetero) is 1. The van der Waals surface area contributed by atoms with E-state index in [4.69, 9.17) is 0 Å². The Morgan fingerprint density at radius 2 is 1.03 bits per heavy atom. The summed E-state index contributed by atoms with van der Waals surface area (Å²) in [4.78, 5) is 12.2. The first-order chi connectivity index (χ1) is 13.6. The molecule has 0 radical (unpaired) electrons. The van der Waals surface area contributed by atoms with Crippen molar-refractivity contribution in [1.29, 1.82) is 0 Å². The molecule has 0 N–H and O–H groups in total. The molecule has 4 rings (SSSR count). The molecule has 29 heavy (non-hydrogen) atoms. The molecule has 2 saturated carbocycles. The zero-order valence-corrected chi connectivity index (χ0v) is 17.2. The Bertz CT molecular complexity index is 1130. The van der Waals surface area contributed by atoms with Crippen molar-refractivity contribution in [3.8, 4) is 0 Å². The second kappa shape index (κ2) is 6.50. The predicted molar refractivity (Wildman–Crippen MR) is 109 cm³/mol. The number of hydrogen-bond acceptors (Lipinski definition) is 5. The van der Waals surface area contributed by atoms with Crippen molar-refractivity contribution in [2.45, 2.75) is 26.7 Å². The van der Waals surface area contributed by atoms with Crippen LogP contribution in [0.1, 0.15) is 12.8 Å². The third-order valence-electron chi connectivity index (χ3n) is 6.11. The van der Waals surface area contributed by atoms with Gasteiger partial charge in [-0.05, 0) is 60.1 Å². The number of carbonyl (C=O) groups excluding carboxylic acids is 1. The van der Waals surface area contributed by atoms with Crippen LogP contribution in [0, 0.1) is 11.8 Å². The molecule has 0 amide bonds. The van der Waals surface area contributed by atoms with Crippen molar-refractivity contribution in [2.24, 2.45) is 11.8 Å². The Morgan fingerprint density at radius 3 is 1.38 bits per heavy atom. The zero-order chi connectivity index (χ0) is 21.0. The molecule has 2 fully saturated rings. The van der Waals surface area contributed by atoms with E-state index in [1.165, 1.54) is 24.3 Å². The number of allylic oxidation sites excluding steroid dienone is 2. The van der Waals surface area contributed by atoms with E-state index >= 15 is 0 Å². The van der Waals surface area contributed by atoms with Crippen molar-refractivity contribution < 1.29 is 21.6 Å². The summed E-state index contributed by atoms with van der Waals surface area (Å²) in [5.41, 5.74) is 0.488. The van der Waals surface area contributed by atoms with E-state index in [1.807, 2.05) is 0 Å². The summed E-state index contributed by atoms with van der Waals surface area (Å²) >= 11 is 0. The van der Waals surface area contributed by atoms with Crippen molar-refractivity contribution in [3.05, 3.63) is 85.0 Å². The highest BCUT2D eigenvalue weighted by Crippen LogP contribution is 2.58. The third-order valence-corrected chi connectivity index (χ3v) is 11.8. The molecule has 7 heteroatoms. The molecule has 2 aromatic carbocycles. The van der Waals surface area contributed by atoms with Crippen LogP contribution >= 0.6 is 0 Å². The average Bonchev–Trinajstić information content (AvgIpc) is 3.24. The number of hydrogen-bond donors (Lipinski definition) is 0. The monoisotopic (exact) mass is 428 g/mol. The molecule has 150 valence electrons. The Morgan fingerprint density at radius 1 is 0.690 bits per heavy atom. The van der Waals surface area contributed by atoms with Gasteiger partial charge < -0.3 is 0 Å². The normalized spacial score (nSPS) is 23.9. The standard InChI is InChI=1S/C22H20O5S2/c1-15-19-13-22(14-20(19)16(2)21(15)23,28(24,25)17-9-5-3-6-10-17)29(26,27)18-11-7-4-8-12-18/h3-12,19-20H,1-2,13-14H2. The smallest absolute Gasteiger partial charge is 0.198 e. The third kappa shape index (κ3) is 2.60. The number of ketones is 1. The molecule has 5 nitrogen and oxygen atoms in total. The highest BCUT2D eigenvalue weighted by atomic mass is 32.3. The van der Waals surface area contributed by atoms with Gasteiger partial charge in [0.05, 0.1) is 9.79 Å². The van der Waals surface area contributed by atoms with E-state index in [-0.39, 0.29) is 39.6 Å². The Kier molecular flexibility index (Phi) is 4.44. The van der Waals surface area contributed by atoms with Crippen LogP contribution in [0.25, 0.3) is 0 Å². The highest BCUT2D eigenvalue weighted by molar-refractivity contribution is 8.10. The van der Waals surface area contributed by atoms with Gasteiger partial charge in [-0.25, -0.2) is 16.8 Å². The molecule has 2 aliphatic carbocycles. The summed E-state index contributed by atoms with van der Waals surface area (Å²) in [5.74, 6) is -1.39. The topological polar surface area (TPSA) is 85.3 Å². The number of rotatable bonds is 4. The predicted octanol–water partition coefficient (Wildman–Crippen LogP) is 3.35. The van der Waals surface area contributed by atoms with Crippen LogP contribution in [-0.4, -0.2) is 26.7 Å². The minimum Gasteiger partial charge on any atom is -0.289 e. The van der Waals surface area contributed by atoms with Crippen molar-refractivity contribution in [2.75, 3.05) is 0 Å². The Labute approximate surface area is 170 Å². The van der Waals surface area contributed by atoms with Gasteiger partial charge in [-0.1, -0.05) is 49.6 Å². The maximum atomic E-state index is 13.8. The first-order valence-electron chi connectivity index (χ1n) is 9.15. The van der Waals surface area contributed by atoms with Crippen LogP contribution < -0.4 is 0 Å². The quantitative estimate of drug-likeness (QED) is 0.697. The maximum absolute atomic E-state index is 13.8. The molecule has 2 aliphatic rings. The maximum Gasteiger partial charge on any atom is 0.198 e. The minimum absolute atomic E-state index is 0.0537. The highest BCUT2D eigenvalue weighted by Gasteiger charge is 2.65. The van der Waals surface area contributed by atoms with E-state index in [0.29, 0.717) is 0 Å². The first kappa shape index (κ1) is 19.8.